The first kappa shape index (κ1) is 11.6. The number of hydrogen-bond donors (Lipinski definition) is 0. The molecule has 0 aromatic carbocycles. The van der Waals surface area contributed by atoms with Gasteiger partial charge >= 0.3 is 0 Å². The van der Waals surface area contributed by atoms with E-state index in [1.54, 1.807) is 6.08 Å². The van der Waals surface area contributed by atoms with E-state index in [-0.39, 0.29) is 0 Å². The third-order valence-corrected chi connectivity index (χ3v) is 2.87. The summed E-state index contributed by atoms with van der Waals surface area (Å²) in [5, 5.41) is 4.57. The fourth-order valence-electron chi connectivity index (χ4n) is 1.97. The van der Waals surface area contributed by atoms with Gasteiger partial charge in [0, 0.05) is 6.20 Å². The molecule has 0 saturated heterocycles. The highest BCUT2D eigenvalue weighted by Gasteiger charge is 2.11. The molecule has 1 aliphatic rings. The maximum absolute atomic E-state index is 4.57. The quantitative estimate of drug-likeness (QED) is 0.718. The lowest BCUT2D eigenvalue weighted by Crippen LogP contribution is -1.99. The first-order valence-electron chi connectivity index (χ1n) is 5.89. The minimum Gasteiger partial charge on any atom is -0.267 e. The van der Waals surface area contributed by atoms with Crippen LogP contribution in [0, 0.1) is 0 Å². The second-order valence-electron chi connectivity index (χ2n) is 4.48. The molecule has 1 heterocycles. The van der Waals surface area contributed by atoms with Gasteiger partial charge in [-0.1, -0.05) is 37.0 Å². The second kappa shape index (κ2) is 5.00. The lowest BCUT2D eigenvalue weighted by atomic mass is 9.99. The van der Waals surface area contributed by atoms with E-state index in [2.05, 4.69) is 37.5 Å². The molecule has 2 nitrogen and oxygen atoms in total. The van der Waals surface area contributed by atoms with Gasteiger partial charge in [-0.05, 0) is 37.0 Å². The van der Waals surface area contributed by atoms with Gasteiger partial charge in [-0.25, -0.2) is 0 Å². The Hall–Kier alpha value is -1.83. The van der Waals surface area contributed by atoms with Crippen molar-refractivity contribution in [2.75, 3.05) is 0 Å². The number of nitrogens with zero attached hydrogens (tertiary/aromatic N) is 2. The minimum atomic E-state index is 0.740. The van der Waals surface area contributed by atoms with E-state index in [1.807, 2.05) is 16.8 Å². The number of rotatable bonds is 4. The maximum atomic E-state index is 4.57. The van der Waals surface area contributed by atoms with Crippen molar-refractivity contribution in [1.29, 1.82) is 0 Å². The van der Waals surface area contributed by atoms with E-state index in [9.17, 15) is 0 Å². The molecule has 2 rings (SSSR count). The third-order valence-electron chi connectivity index (χ3n) is 2.87. The average molecular weight is 226 g/mol. The van der Waals surface area contributed by atoms with Crippen LogP contribution >= 0.6 is 0 Å². The highest BCUT2D eigenvalue weighted by molar-refractivity contribution is 5.54. The van der Waals surface area contributed by atoms with Gasteiger partial charge in [0.25, 0.3) is 0 Å². The van der Waals surface area contributed by atoms with Crippen molar-refractivity contribution < 1.29 is 0 Å². The van der Waals surface area contributed by atoms with Gasteiger partial charge in [0.05, 0.1) is 12.2 Å². The monoisotopic (exact) mass is 226 g/mol. The van der Waals surface area contributed by atoms with Crippen molar-refractivity contribution in [2.24, 2.45) is 0 Å². The van der Waals surface area contributed by atoms with E-state index in [4.69, 9.17) is 0 Å². The molecular weight excluding hydrogens is 208 g/mol. The van der Waals surface area contributed by atoms with Crippen LogP contribution in [0.3, 0.4) is 0 Å². The molecule has 0 radical (unpaired) electrons. The average Bonchev–Trinajstić information content (AvgIpc) is 2.67. The van der Waals surface area contributed by atoms with Crippen molar-refractivity contribution >= 4 is 6.08 Å². The lowest BCUT2D eigenvalue weighted by molar-refractivity contribution is 0.685. The second-order valence-corrected chi connectivity index (χ2v) is 4.48. The number of allylic oxidation sites excluding steroid dienone is 5. The summed E-state index contributed by atoms with van der Waals surface area (Å²) in [7, 11) is 0. The number of aromatic nitrogens is 2. The number of aryl methyl sites for hydroxylation is 1. The van der Waals surface area contributed by atoms with Crippen LogP contribution < -0.4 is 0 Å². The molecule has 0 saturated carbocycles. The molecule has 0 fully saturated rings. The molecule has 2 heteroatoms. The predicted molar refractivity (Wildman–Crippen MR) is 72.7 cm³/mol. The normalized spacial score (nSPS) is 14.5. The third kappa shape index (κ3) is 2.84. The molecule has 17 heavy (non-hydrogen) atoms. The van der Waals surface area contributed by atoms with Crippen LogP contribution in [0.2, 0.25) is 0 Å². The Morgan fingerprint density at radius 3 is 3.12 bits per heavy atom. The highest BCUT2D eigenvalue weighted by Crippen LogP contribution is 2.22. The molecule has 1 aromatic rings. The molecule has 0 N–H and O–H groups in total. The Labute approximate surface area is 103 Å². The fourth-order valence-corrected chi connectivity index (χ4v) is 1.97. The summed E-state index contributed by atoms with van der Waals surface area (Å²) >= 11 is 0. The Kier molecular flexibility index (Phi) is 3.43. The van der Waals surface area contributed by atoms with Gasteiger partial charge in [-0.2, -0.15) is 5.10 Å². The van der Waals surface area contributed by atoms with Crippen LogP contribution in [0.25, 0.3) is 6.08 Å². The minimum absolute atomic E-state index is 0.740. The predicted octanol–water partition coefficient (Wildman–Crippen LogP) is 3.53. The van der Waals surface area contributed by atoms with Crippen molar-refractivity contribution in [2.45, 2.75) is 26.3 Å². The number of hydrogen-bond acceptors (Lipinski definition) is 1. The van der Waals surface area contributed by atoms with E-state index in [0.29, 0.717) is 0 Å². The van der Waals surface area contributed by atoms with Crippen molar-refractivity contribution in [3.63, 3.8) is 0 Å². The Morgan fingerprint density at radius 2 is 2.35 bits per heavy atom. The number of fused-ring (bicyclic) bond motifs is 1. The summed E-state index contributed by atoms with van der Waals surface area (Å²) in [4.78, 5) is 0. The summed E-state index contributed by atoms with van der Waals surface area (Å²) in [5.74, 6) is 0. The molecule has 0 bridgehead atoms. The fraction of sp³-hybridized carbons (Fsp3) is 0.267. The Balaban J connectivity index is 2.11. The molecule has 0 amide bonds. The maximum Gasteiger partial charge on any atom is 0.0882 e. The zero-order valence-corrected chi connectivity index (χ0v) is 10.3. The summed E-state index contributed by atoms with van der Waals surface area (Å²) in [5.41, 5.74) is 4.91. The van der Waals surface area contributed by atoms with Crippen molar-refractivity contribution in [3.8, 4) is 0 Å². The van der Waals surface area contributed by atoms with Gasteiger partial charge in [-0.15, -0.1) is 0 Å². The summed E-state index contributed by atoms with van der Waals surface area (Å²) in [6, 6.07) is 0. The first-order valence-corrected chi connectivity index (χ1v) is 5.89. The lowest BCUT2D eigenvalue weighted by Gasteiger charge is -2.06. The summed E-state index contributed by atoms with van der Waals surface area (Å²) < 4.78 is 1.97. The smallest absolute Gasteiger partial charge is 0.0882 e. The van der Waals surface area contributed by atoms with Gasteiger partial charge in [-0.3, -0.25) is 4.68 Å². The summed E-state index contributed by atoms with van der Waals surface area (Å²) in [6.45, 7) is 10.5. The largest absolute Gasteiger partial charge is 0.267 e. The molecule has 0 atom stereocenters. The van der Waals surface area contributed by atoms with Crippen LogP contribution in [0.1, 0.15) is 24.6 Å². The molecule has 88 valence electrons. The summed E-state index contributed by atoms with van der Waals surface area (Å²) in [6.07, 6.45) is 12.2. The standard InChI is InChI=1S/C15H18N2/c1-4-5-6-13(3)10-17-11-14-8-7-12(2)9-15(14)16-17/h4-6,9,11H,1,3,7-8,10H2,2H3/b6-5-. The first-order chi connectivity index (χ1) is 8.19. The van der Waals surface area contributed by atoms with E-state index < -0.39 is 0 Å². The van der Waals surface area contributed by atoms with Gasteiger partial charge in [0.1, 0.15) is 0 Å². The Morgan fingerprint density at radius 1 is 1.53 bits per heavy atom. The Bertz CT molecular complexity index is 501. The van der Waals surface area contributed by atoms with Crippen LogP contribution in [-0.4, -0.2) is 9.78 Å². The van der Waals surface area contributed by atoms with Crippen LogP contribution in [-0.2, 0) is 13.0 Å². The highest BCUT2D eigenvalue weighted by atomic mass is 15.3. The zero-order valence-electron chi connectivity index (χ0n) is 10.3. The SMILES string of the molecule is C=C/C=C\C(=C)Cn1cc2c(n1)C=C(C)CC2. The van der Waals surface area contributed by atoms with E-state index in [0.717, 1.165) is 30.7 Å². The molecule has 0 aliphatic heterocycles. The van der Waals surface area contributed by atoms with Crippen LogP contribution in [0.5, 0.6) is 0 Å². The molecule has 1 aliphatic carbocycles. The van der Waals surface area contributed by atoms with E-state index in [1.165, 1.54) is 11.1 Å². The van der Waals surface area contributed by atoms with Gasteiger partial charge < -0.3 is 0 Å². The van der Waals surface area contributed by atoms with Gasteiger partial charge in [0.15, 0.2) is 0 Å². The molecular formula is C15H18N2. The molecule has 0 unspecified atom stereocenters. The van der Waals surface area contributed by atoms with Crippen LogP contribution in [0.15, 0.2) is 48.7 Å². The van der Waals surface area contributed by atoms with Crippen molar-refractivity contribution in [3.05, 3.63) is 60.0 Å². The molecule has 1 aromatic heterocycles. The molecule has 0 spiro atoms. The van der Waals surface area contributed by atoms with Crippen molar-refractivity contribution in [1.82, 2.24) is 9.78 Å². The van der Waals surface area contributed by atoms with Gasteiger partial charge in [0.2, 0.25) is 0 Å². The van der Waals surface area contributed by atoms with Crippen LogP contribution in [0.4, 0.5) is 0 Å². The zero-order chi connectivity index (χ0) is 12.3. The van der Waals surface area contributed by atoms with E-state index >= 15 is 0 Å². The topological polar surface area (TPSA) is 17.8 Å².